The molecule has 1 fully saturated rings. The zero-order valence-electron chi connectivity index (χ0n) is 14.3. The molecule has 4 heterocycles. The molecule has 9 nitrogen and oxygen atoms in total. The Hall–Kier alpha value is -2.81. The SMILES string of the molecule is Cc1nc(N2CCN(Cc3nnc(C)o3)CC2)cc(-n2cccn2)n1. The first-order chi connectivity index (χ1) is 12.2. The van der Waals surface area contributed by atoms with Crippen molar-refractivity contribution >= 4 is 5.82 Å². The molecule has 3 aromatic rings. The molecule has 9 heteroatoms. The molecule has 0 atom stereocenters. The zero-order chi connectivity index (χ0) is 17.2. The molecule has 3 aromatic heterocycles. The van der Waals surface area contributed by atoms with Crippen LogP contribution in [-0.4, -0.2) is 61.0 Å². The largest absolute Gasteiger partial charge is 0.424 e. The van der Waals surface area contributed by atoms with Crippen LogP contribution in [0, 0.1) is 13.8 Å². The monoisotopic (exact) mass is 340 g/mol. The second-order valence-corrected chi connectivity index (χ2v) is 6.06. The molecular weight excluding hydrogens is 320 g/mol. The molecule has 1 saturated heterocycles. The molecule has 0 radical (unpaired) electrons. The highest BCUT2D eigenvalue weighted by atomic mass is 16.4. The Morgan fingerprint density at radius 3 is 2.52 bits per heavy atom. The summed E-state index contributed by atoms with van der Waals surface area (Å²) in [5, 5.41) is 12.2. The second kappa shape index (κ2) is 6.60. The van der Waals surface area contributed by atoms with Crippen LogP contribution in [0.1, 0.15) is 17.6 Å². The Bertz CT molecular complexity index is 836. The molecule has 1 aliphatic rings. The molecule has 0 saturated carbocycles. The van der Waals surface area contributed by atoms with Crippen LogP contribution in [0.3, 0.4) is 0 Å². The summed E-state index contributed by atoms with van der Waals surface area (Å²) < 4.78 is 7.22. The number of aromatic nitrogens is 6. The lowest BCUT2D eigenvalue weighted by Gasteiger charge is -2.34. The number of hydrogen-bond acceptors (Lipinski definition) is 8. The van der Waals surface area contributed by atoms with Gasteiger partial charge in [0.05, 0.1) is 6.54 Å². The van der Waals surface area contributed by atoms with Crippen LogP contribution in [0.25, 0.3) is 5.82 Å². The first-order valence-electron chi connectivity index (χ1n) is 8.29. The molecule has 0 aromatic carbocycles. The van der Waals surface area contributed by atoms with Gasteiger partial charge in [-0.05, 0) is 13.0 Å². The number of aryl methyl sites for hydroxylation is 2. The fraction of sp³-hybridized carbons (Fsp3) is 0.438. The van der Waals surface area contributed by atoms with E-state index < -0.39 is 0 Å². The van der Waals surface area contributed by atoms with E-state index in [1.807, 2.05) is 32.2 Å². The van der Waals surface area contributed by atoms with Crippen LogP contribution >= 0.6 is 0 Å². The second-order valence-electron chi connectivity index (χ2n) is 6.06. The van der Waals surface area contributed by atoms with E-state index in [-0.39, 0.29) is 0 Å². The van der Waals surface area contributed by atoms with Crippen molar-refractivity contribution < 1.29 is 4.42 Å². The fourth-order valence-corrected chi connectivity index (χ4v) is 2.95. The van der Waals surface area contributed by atoms with Crippen molar-refractivity contribution in [3.8, 4) is 5.82 Å². The molecular formula is C16H20N8O. The van der Waals surface area contributed by atoms with Crippen molar-refractivity contribution in [3.05, 3.63) is 42.1 Å². The Morgan fingerprint density at radius 1 is 1.04 bits per heavy atom. The van der Waals surface area contributed by atoms with E-state index >= 15 is 0 Å². The third-order valence-corrected chi connectivity index (χ3v) is 4.17. The smallest absolute Gasteiger partial charge is 0.230 e. The maximum atomic E-state index is 5.46. The van der Waals surface area contributed by atoms with E-state index in [1.165, 1.54) is 0 Å². The highest BCUT2D eigenvalue weighted by Gasteiger charge is 2.20. The average Bonchev–Trinajstić information content (AvgIpc) is 3.27. The van der Waals surface area contributed by atoms with Gasteiger partial charge in [0, 0.05) is 51.6 Å². The van der Waals surface area contributed by atoms with Gasteiger partial charge >= 0.3 is 0 Å². The number of hydrogen-bond donors (Lipinski definition) is 0. The lowest BCUT2D eigenvalue weighted by Crippen LogP contribution is -2.46. The summed E-state index contributed by atoms with van der Waals surface area (Å²) in [4.78, 5) is 13.6. The number of nitrogens with zero attached hydrogens (tertiary/aromatic N) is 8. The standard InChI is InChI=1S/C16H20N8O/c1-12-18-14(10-15(19-12)24-5-3-4-17-24)23-8-6-22(7-9-23)11-16-21-20-13(2)25-16/h3-5,10H,6-9,11H2,1-2H3. The van der Waals surface area contributed by atoms with Gasteiger partial charge in [-0.3, -0.25) is 4.90 Å². The van der Waals surface area contributed by atoms with E-state index in [4.69, 9.17) is 4.42 Å². The van der Waals surface area contributed by atoms with E-state index in [9.17, 15) is 0 Å². The average molecular weight is 340 g/mol. The van der Waals surface area contributed by atoms with Gasteiger partial charge in [0.25, 0.3) is 0 Å². The third-order valence-electron chi connectivity index (χ3n) is 4.17. The number of anilines is 1. The first kappa shape index (κ1) is 15.7. The van der Waals surface area contributed by atoms with E-state index in [1.54, 1.807) is 10.9 Å². The maximum Gasteiger partial charge on any atom is 0.230 e. The van der Waals surface area contributed by atoms with Crippen LogP contribution in [0.4, 0.5) is 5.82 Å². The van der Waals surface area contributed by atoms with Crippen molar-refractivity contribution in [1.82, 2.24) is 34.8 Å². The number of rotatable bonds is 4. The summed E-state index contributed by atoms with van der Waals surface area (Å²) in [5.41, 5.74) is 0. The summed E-state index contributed by atoms with van der Waals surface area (Å²) in [5.74, 6) is 3.75. The van der Waals surface area contributed by atoms with Gasteiger partial charge in [-0.2, -0.15) is 5.10 Å². The Labute approximate surface area is 145 Å². The normalized spacial score (nSPS) is 15.7. The van der Waals surface area contributed by atoms with Gasteiger partial charge in [-0.25, -0.2) is 14.6 Å². The van der Waals surface area contributed by atoms with Crippen molar-refractivity contribution in [3.63, 3.8) is 0 Å². The summed E-state index contributed by atoms with van der Waals surface area (Å²) in [6.45, 7) is 8.02. The third kappa shape index (κ3) is 3.50. The van der Waals surface area contributed by atoms with Crippen molar-refractivity contribution in [2.75, 3.05) is 31.1 Å². The molecule has 130 valence electrons. The minimum absolute atomic E-state index is 0.608. The Kier molecular flexibility index (Phi) is 4.14. The molecule has 0 aliphatic carbocycles. The minimum atomic E-state index is 0.608. The van der Waals surface area contributed by atoms with Crippen LogP contribution in [0.2, 0.25) is 0 Å². The predicted octanol–water partition coefficient (Wildman–Crippen LogP) is 0.984. The summed E-state index contributed by atoms with van der Waals surface area (Å²) >= 11 is 0. The van der Waals surface area contributed by atoms with Gasteiger partial charge in [-0.15, -0.1) is 10.2 Å². The molecule has 25 heavy (non-hydrogen) atoms. The zero-order valence-corrected chi connectivity index (χ0v) is 14.3. The van der Waals surface area contributed by atoms with Gasteiger partial charge in [0.1, 0.15) is 11.6 Å². The summed E-state index contributed by atoms with van der Waals surface area (Å²) in [6.07, 6.45) is 3.63. The van der Waals surface area contributed by atoms with Gasteiger partial charge < -0.3 is 9.32 Å². The van der Waals surface area contributed by atoms with E-state index in [2.05, 4.69) is 35.1 Å². The fourth-order valence-electron chi connectivity index (χ4n) is 2.95. The van der Waals surface area contributed by atoms with E-state index in [0.29, 0.717) is 18.3 Å². The van der Waals surface area contributed by atoms with Crippen LogP contribution in [0.5, 0.6) is 0 Å². The molecule has 0 bridgehead atoms. The maximum absolute atomic E-state index is 5.46. The van der Waals surface area contributed by atoms with Crippen LogP contribution in [0.15, 0.2) is 28.9 Å². The van der Waals surface area contributed by atoms with E-state index in [0.717, 1.165) is 43.6 Å². The van der Waals surface area contributed by atoms with Gasteiger partial charge in [-0.1, -0.05) is 0 Å². The highest BCUT2D eigenvalue weighted by Crippen LogP contribution is 2.18. The van der Waals surface area contributed by atoms with Crippen LogP contribution < -0.4 is 4.90 Å². The number of piperazine rings is 1. The van der Waals surface area contributed by atoms with Gasteiger partial charge in [0.15, 0.2) is 5.82 Å². The lowest BCUT2D eigenvalue weighted by atomic mass is 10.3. The summed E-state index contributed by atoms with van der Waals surface area (Å²) in [7, 11) is 0. The Morgan fingerprint density at radius 2 is 1.84 bits per heavy atom. The minimum Gasteiger partial charge on any atom is -0.424 e. The molecule has 0 amide bonds. The lowest BCUT2D eigenvalue weighted by molar-refractivity contribution is 0.224. The van der Waals surface area contributed by atoms with Gasteiger partial charge in [0.2, 0.25) is 11.8 Å². The molecule has 0 N–H and O–H groups in total. The molecule has 0 spiro atoms. The van der Waals surface area contributed by atoms with Crippen molar-refractivity contribution in [2.45, 2.75) is 20.4 Å². The summed E-state index contributed by atoms with van der Waals surface area (Å²) in [6, 6.07) is 3.87. The Balaban J connectivity index is 1.44. The highest BCUT2D eigenvalue weighted by molar-refractivity contribution is 5.44. The van der Waals surface area contributed by atoms with Crippen molar-refractivity contribution in [1.29, 1.82) is 0 Å². The van der Waals surface area contributed by atoms with Crippen LogP contribution in [-0.2, 0) is 6.54 Å². The molecule has 4 rings (SSSR count). The predicted molar refractivity (Wildman–Crippen MR) is 90.4 cm³/mol. The quantitative estimate of drug-likeness (QED) is 0.694. The van der Waals surface area contributed by atoms with Crippen molar-refractivity contribution in [2.24, 2.45) is 0 Å². The first-order valence-corrected chi connectivity index (χ1v) is 8.29. The topological polar surface area (TPSA) is 89.0 Å². The molecule has 0 unspecified atom stereocenters. The molecule has 1 aliphatic heterocycles.